The first-order valence-corrected chi connectivity index (χ1v) is 11.4. The maximum atomic E-state index is 12.7. The second-order valence-corrected chi connectivity index (χ2v) is 9.21. The molecule has 4 aromatic rings. The lowest BCUT2D eigenvalue weighted by Crippen LogP contribution is -2.38. The van der Waals surface area contributed by atoms with E-state index >= 15 is 0 Å². The number of aliphatic hydroxyl groups excluding tert-OH is 1. The molecule has 2 amide bonds. The second-order valence-electron chi connectivity index (χ2n) is 8.20. The Kier molecular flexibility index (Phi) is 6.25. The van der Waals surface area contributed by atoms with Crippen LogP contribution in [0.5, 0.6) is 0 Å². The van der Waals surface area contributed by atoms with E-state index < -0.39 is 0 Å². The molecule has 0 aliphatic carbocycles. The van der Waals surface area contributed by atoms with Crippen molar-refractivity contribution in [1.29, 1.82) is 0 Å². The van der Waals surface area contributed by atoms with Crippen molar-refractivity contribution in [3.05, 3.63) is 59.8 Å². The molecule has 0 saturated carbocycles. The van der Waals surface area contributed by atoms with Crippen LogP contribution in [0.15, 0.2) is 48.7 Å². The fourth-order valence-electron chi connectivity index (χ4n) is 3.73. The first kappa shape index (κ1) is 22.0. The van der Waals surface area contributed by atoms with Crippen LogP contribution < -0.4 is 10.6 Å². The summed E-state index contributed by atoms with van der Waals surface area (Å²) in [4.78, 5) is 30.0. The van der Waals surface area contributed by atoms with Crippen molar-refractivity contribution in [3.8, 4) is 11.3 Å². The Hall–Kier alpha value is -3.23. The number of thiazole rings is 1. The number of amides is 2. The minimum absolute atomic E-state index is 0.0775. The Bertz CT molecular complexity index is 1270. The quantitative estimate of drug-likeness (QED) is 0.400. The topological polar surface area (TPSA) is 95.7 Å². The zero-order valence-electron chi connectivity index (χ0n) is 18.3. The second kappa shape index (κ2) is 9.10. The predicted octanol–water partition coefficient (Wildman–Crippen LogP) is 3.71. The smallest absolute Gasteiger partial charge is 0.251 e. The van der Waals surface area contributed by atoms with Gasteiger partial charge in [-0.25, -0.2) is 4.98 Å². The molecule has 0 spiro atoms. The summed E-state index contributed by atoms with van der Waals surface area (Å²) in [5, 5.41) is 15.1. The van der Waals surface area contributed by atoms with Gasteiger partial charge < -0.3 is 15.7 Å². The van der Waals surface area contributed by atoms with Crippen LogP contribution in [0.25, 0.3) is 26.4 Å². The summed E-state index contributed by atoms with van der Waals surface area (Å²) < 4.78 is 2.98. The molecule has 32 heavy (non-hydrogen) atoms. The Labute approximate surface area is 190 Å². The fourth-order valence-corrected chi connectivity index (χ4v) is 4.78. The van der Waals surface area contributed by atoms with Crippen molar-refractivity contribution < 1.29 is 14.7 Å². The Morgan fingerprint density at radius 1 is 1.09 bits per heavy atom. The molecule has 0 fully saturated rings. The minimum Gasteiger partial charge on any atom is -0.394 e. The lowest BCUT2D eigenvalue weighted by Gasteiger charge is -2.18. The monoisotopic (exact) mass is 450 g/mol. The zero-order valence-corrected chi connectivity index (χ0v) is 19.1. The Balaban J connectivity index is 1.58. The zero-order chi connectivity index (χ0) is 22.8. The summed E-state index contributed by atoms with van der Waals surface area (Å²) in [5.74, 6) is 0.0754. The predicted molar refractivity (Wildman–Crippen MR) is 127 cm³/mol. The molecular weight excluding hydrogens is 424 g/mol. The number of imidazole rings is 1. The van der Waals surface area contributed by atoms with Crippen molar-refractivity contribution in [2.24, 2.45) is 5.92 Å². The summed E-state index contributed by atoms with van der Waals surface area (Å²) >= 11 is 1.51. The maximum Gasteiger partial charge on any atom is 0.251 e. The average molecular weight is 451 g/mol. The van der Waals surface area contributed by atoms with Gasteiger partial charge in [-0.3, -0.25) is 14.0 Å². The number of hydrogen-bond donors (Lipinski definition) is 3. The molecule has 4 rings (SSSR count). The number of carbonyl (C=O) groups is 2. The maximum absolute atomic E-state index is 12.7. The van der Waals surface area contributed by atoms with Crippen LogP contribution in [0.1, 0.15) is 41.0 Å². The number of fused-ring (bicyclic) bond motifs is 3. The van der Waals surface area contributed by atoms with Crippen molar-refractivity contribution in [2.75, 3.05) is 13.7 Å². The van der Waals surface area contributed by atoms with Crippen molar-refractivity contribution in [1.82, 2.24) is 20.0 Å². The third-order valence-corrected chi connectivity index (χ3v) is 6.36. The van der Waals surface area contributed by atoms with E-state index in [1.807, 2.05) is 34.9 Å². The highest BCUT2D eigenvalue weighted by molar-refractivity contribution is 7.23. The molecule has 3 N–H and O–H groups in total. The number of carbonyl (C=O) groups excluding carboxylic acids is 2. The highest BCUT2D eigenvalue weighted by Gasteiger charge is 2.17. The number of aliphatic hydroxyl groups is 1. The molecule has 0 saturated heterocycles. The average Bonchev–Trinajstić information content (AvgIpc) is 3.35. The molecule has 0 unspecified atom stereocenters. The number of nitrogens with zero attached hydrogens (tertiary/aromatic N) is 2. The standard InChI is InChI=1S/C24H26N4O3S/c1-14(2)10-18(13-29)26-23(31)17-8-9-20-21(11-17)32-24-27-19(12-28(20)24)15-4-6-16(7-5-15)22(30)25-3/h4-9,11-12,14,18,29H,10,13H2,1-3H3,(H,25,30)(H,26,31)/t18-/m1/s1. The molecule has 0 radical (unpaired) electrons. The van der Waals surface area contributed by atoms with E-state index in [0.29, 0.717) is 17.0 Å². The number of rotatable bonds is 7. The van der Waals surface area contributed by atoms with Crippen LogP contribution in [-0.2, 0) is 0 Å². The molecule has 0 aliphatic rings. The first-order valence-electron chi connectivity index (χ1n) is 10.6. The number of hydrogen-bond acceptors (Lipinski definition) is 5. The van der Waals surface area contributed by atoms with Crippen LogP contribution >= 0.6 is 11.3 Å². The van der Waals surface area contributed by atoms with E-state index in [1.54, 1.807) is 25.2 Å². The van der Waals surface area contributed by atoms with Gasteiger partial charge in [-0.1, -0.05) is 37.3 Å². The van der Waals surface area contributed by atoms with Crippen molar-refractivity contribution >= 4 is 38.3 Å². The lowest BCUT2D eigenvalue weighted by atomic mass is 10.0. The van der Waals surface area contributed by atoms with Gasteiger partial charge in [0.15, 0.2) is 4.96 Å². The van der Waals surface area contributed by atoms with Crippen molar-refractivity contribution in [2.45, 2.75) is 26.3 Å². The summed E-state index contributed by atoms with van der Waals surface area (Å²) in [7, 11) is 1.61. The van der Waals surface area contributed by atoms with Crippen LogP contribution in [0.4, 0.5) is 0 Å². The van der Waals surface area contributed by atoms with Gasteiger partial charge in [0.25, 0.3) is 11.8 Å². The molecule has 2 heterocycles. The van der Waals surface area contributed by atoms with Crippen molar-refractivity contribution in [3.63, 3.8) is 0 Å². The lowest BCUT2D eigenvalue weighted by molar-refractivity contribution is 0.0907. The van der Waals surface area contributed by atoms with Gasteiger partial charge in [0, 0.05) is 29.9 Å². The minimum atomic E-state index is -0.254. The molecule has 0 bridgehead atoms. The Morgan fingerprint density at radius 3 is 2.47 bits per heavy atom. The highest BCUT2D eigenvalue weighted by atomic mass is 32.1. The van der Waals surface area contributed by atoms with E-state index in [1.165, 1.54) is 11.3 Å². The summed E-state index contributed by atoms with van der Waals surface area (Å²) in [6.45, 7) is 4.05. The fraction of sp³-hybridized carbons (Fsp3) is 0.292. The summed E-state index contributed by atoms with van der Waals surface area (Å²) in [5.41, 5.74) is 3.89. The summed E-state index contributed by atoms with van der Waals surface area (Å²) in [6.07, 6.45) is 2.69. The van der Waals surface area contributed by atoms with Crippen LogP contribution in [0.3, 0.4) is 0 Å². The highest BCUT2D eigenvalue weighted by Crippen LogP contribution is 2.30. The number of aromatic nitrogens is 2. The van der Waals surface area contributed by atoms with Gasteiger partial charge in [0.1, 0.15) is 0 Å². The molecule has 2 aromatic heterocycles. The van der Waals surface area contributed by atoms with E-state index in [9.17, 15) is 14.7 Å². The molecule has 7 nitrogen and oxygen atoms in total. The van der Waals surface area contributed by atoms with Gasteiger partial charge in [-0.2, -0.15) is 0 Å². The van der Waals surface area contributed by atoms with E-state index in [-0.39, 0.29) is 24.5 Å². The number of nitrogens with one attached hydrogen (secondary N) is 2. The molecule has 0 aliphatic heterocycles. The van der Waals surface area contributed by atoms with Gasteiger partial charge in [-0.05, 0) is 42.7 Å². The largest absolute Gasteiger partial charge is 0.394 e. The number of benzene rings is 2. The van der Waals surface area contributed by atoms with E-state index in [0.717, 1.165) is 32.9 Å². The van der Waals surface area contributed by atoms with Gasteiger partial charge >= 0.3 is 0 Å². The SMILES string of the molecule is CNC(=O)c1ccc(-c2cn3c(n2)sc2cc(C(=O)N[C@@H](CO)CC(C)C)ccc23)cc1. The molecule has 1 atom stereocenters. The third kappa shape index (κ3) is 4.37. The van der Waals surface area contributed by atoms with E-state index in [4.69, 9.17) is 4.98 Å². The third-order valence-electron chi connectivity index (χ3n) is 5.34. The Morgan fingerprint density at radius 2 is 1.81 bits per heavy atom. The van der Waals surface area contributed by atoms with Crippen LogP contribution in [-0.4, -0.2) is 46.0 Å². The van der Waals surface area contributed by atoms with Gasteiger partial charge in [0.2, 0.25) is 0 Å². The molecule has 166 valence electrons. The first-order chi connectivity index (χ1) is 15.4. The van der Waals surface area contributed by atoms with Gasteiger partial charge in [-0.15, -0.1) is 0 Å². The molecule has 2 aromatic carbocycles. The normalized spacial score (nSPS) is 12.4. The molecule has 8 heteroatoms. The summed E-state index contributed by atoms with van der Waals surface area (Å²) in [6, 6.07) is 12.7. The van der Waals surface area contributed by atoms with E-state index in [2.05, 4.69) is 24.5 Å². The van der Waals surface area contributed by atoms with Crippen LogP contribution in [0.2, 0.25) is 0 Å². The van der Waals surface area contributed by atoms with Gasteiger partial charge in [0.05, 0.1) is 28.6 Å². The molecular formula is C24H26N4O3S. The van der Waals surface area contributed by atoms with Crippen LogP contribution in [0, 0.1) is 5.92 Å².